The van der Waals surface area contributed by atoms with Crippen LogP contribution >= 0.6 is 27.5 Å². The molecule has 2 aromatic rings. The van der Waals surface area contributed by atoms with E-state index in [1.165, 1.54) is 5.56 Å². The highest BCUT2D eigenvalue weighted by Crippen LogP contribution is 2.34. The molecule has 0 saturated carbocycles. The molecule has 3 rings (SSSR count). The molecule has 25 heavy (non-hydrogen) atoms. The summed E-state index contributed by atoms with van der Waals surface area (Å²) < 4.78 is 6.55. The van der Waals surface area contributed by atoms with E-state index in [1.54, 1.807) is 0 Å². The lowest BCUT2D eigenvalue weighted by Crippen LogP contribution is -2.45. The maximum Gasteiger partial charge on any atom is 0.224 e. The standard InChI is InChI=1S/C20H21BrClNO2/c21-17-5-1-15(2-6-17)13-19(24)23-14-20(9-11-25-12-10-20)16-3-7-18(22)8-4-16/h1-8H,9-14H2,(H,23,24). The van der Waals surface area contributed by atoms with Crippen LogP contribution in [-0.4, -0.2) is 25.7 Å². The third-order valence-corrected chi connectivity index (χ3v) is 5.59. The highest BCUT2D eigenvalue weighted by molar-refractivity contribution is 9.10. The molecular formula is C20H21BrClNO2. The number of amides is 1. The molecule has 2 aromatic carbocycles. The SMILES string of the molecule is O=C(Cc1ccc(Br)cc1)NCC1(c2ccc(Cl)cc2)CCOCC1. The third kappa shape index (κ3) is 4.84. The number of rotatable bonds is 5. The zero-order chi connectivity index (χ0) is 17.7. The fourth-order valence-electron chi connectivity index (χ4n) is 3.25. The highest BCUT2D eigenvalue weighted by Gasteiger charge is 2.34. The Labute approximate surface area is 161 Å². The molecule has 1 N–H and O–H groups in total. The van der Waals surface area contributed by atoms with Crippen molar-refractivity contribution in [3.63, 3.8) is 0 Å². The Morgan fingerprint density at radius 1 is 1.08 bits per heavy atom. The number of carbonyl (C=O) groups excluding carboxylic acids is 1. The molecule has 1 fully saturated rings. The van der Waals surface area contributed by atoms with Crippen LogP contribution in [0.15, 0.2) is 53.0 Å². The van der Waals surface area contributed by atoms with E-state index in [9.17, 15) is 4.79 Å². The minimum Gasteiger partial charge on any atom is -0.381 e. The Balaban J connectivity index is 1.67. The lowest BCUT2D eigenvalue weighted by Gasteiger charge is -2.38. The van der Waals surface area contributed by atoms with Gasteiger partial charge in [0.15, 0.2) is 0 Å². The van der Waals surface area contributed by atoms with Crippen molar-refractivity contribution in [3.05, 3.63) is 69.2 Å². The molecule has 1 heterocycles. The molecular weight excluding hydrogens is 402 g/mol. The molecule has 3 nitrogen and oxygen atoms in total. The molecule has 0 unspecified atom stereocenters. The molecule has 0 aromatic heterocycles. The lowest BCUT2D eigenvalue weighted by molar-refractivity contribution is -0.120. The number of halogens is 2. The largest absolute Gasteiger partial charge is 0.381 e. The highest BCUT2D eigenvalue weighted by atomic mass is 79.9. The molecule has 132 valence electrons. The molecule has 1 amide bonds. The predicted molar refractivity (Wildman–Crippen MR) is 104 cm³/mol. The van der Waals surface area contributed by atoms with E-state index in [-0.39, 0.29) is 11.3 Å². The number of nitrogens with one attached hydrogen (secondary N) is 1. The Bertz CT molecular complexity index is 709. The zero-order valence-electron chi connectivity index (χ0n) is 13.9. The summed E-state index contributed by atoms with van der Waals surface area (Å²) in [5.41, 5.74) is 2.13. The first-order valence-electron chi connectivity index (χ1n) is 8.42. The Morgan fingerprint density at radius 3 is 2.36 bits per heavy atom. The maximum absolute atomic E-state index is 12.4. The number of hydrogen-bond donors (Lipinski definition) is 1. The van der Waals surface area contributed by atoms with Crippen molar-refractivity contribution >= 4 is 33.4 Å². The molecule has 0 aliphatic carbocycles. The van der Waals surface area contributed by atoms with Gasteiger partial charge in [0.2, 0.25) is 5.91 Å². The van der Waals surface area contributed by atoms with E-state index in [1.807, 2.05) is 36.4 Å². The van der Waals surface area contributed by atoms with Crippen molar-refractivity contribution in [2.45, 2.75) is 24.7 Å². The van der Waals surface area contributed by atoms with Crippen LogP contribution in [0.25, 0.3) is 0 Å². The van der Waals surface area contributed by atoms with Gasteiger partial charge in [0.1, 0.15) is 0 Å². The molecule has 1 saturated heterocycles. The van der Waals surface area contributed by atoms with E-state index in [0.29, 0.717) is 26.2 Å². The first kappa shape index (κ1) is 18.4. The van der Waals surface area contributed by atoms with Crippen LogP contribution in [0.5, 0.6) is 0 Å². The Hall–Kier alpha value is -1.36. The molecule has 0 radical (unpaired) electrons. The summed E-state index contributed by atoms with van der Waals surface area (Å²) in [7, 11) is 0. The van der Waals surface area contributed by atoms with E-state index < -0.39 is 0 Å². The van der Waals surface area contributed by atoms with E-state index in [0.717, 1.165) is 27.9 Å². The topological polar surface area (TPSA) is 38.3 Å². The number of hydrogen-bond acceptors (Lipinski definition) is 2. The van der Waals surface area contributed by atoms with Crippen molar-refractivity contribution in [1.82, 2.24) is 5.32 Å². The van der Waals surface area contributed by atoms with Crippen LogP contribution < -0.4 is 5.32 Å². The third-order valence-electron chi connectivity index (χ3n) is 4.81. The van der Waals surface area contributed by atoms with Gasteiger partial charge in [-0.3, -0.25) is 4.79 Å². The van der Waals surface area contributed by atoms with Crippen LogP contribution in [0, 0.1) is 0 Å². The smallest absolute Gasteiger partial charge is 0.224 e. The normalized spacial score (nSPS) is 16.4. The summed E-state index contributed by atoms with van der Waals surface area (Å²) in [6, 6.07) is 15.8. The van der Waals surface area contributed by atoms with Crippen LogP contribution in [0.2, 0.25) is 5.02 Å². The minimum atomic E-state index is -0.0851. The van der Waals surface area contributed by atoms with Crippen molar-refractivity contribution in [2.75, 3.05) is 19.8 Å². The lowest BCUT2D eigenvalue weighted by atomic mass is 9.74. The van der Waals surface area contributed by atoms with E-state index in [2.05, 4.69) is 33.4 Å². The van der Waals surface area contributed by atoms with E-state index >= 15 is 0 Å². The summed E-state index contributed by atoms with van der Waals surface area (Å²) in [4.78, 5) is 12.4. The molecule has 5 heteroatoms. The summed E-state index contributed by atoms with van der Waals surface area (Å²) in [6.45, 7) is 2.05. The van der Waals surface area contributed by atoms with Gasteiger partial charge in [-0.1, -0.05) is 51.8 Å². The molecule has 0 bridgehead atoms. The molecule has 1 aliphatic rings. The molecule has 0 spiro atoms. The first-order chi connectivity index (χ1) is 12.1. The van der Waals surface area contributed by atoms with Gasteiger partial charge in [-0.15, -0.1) is 0 Å². The Kier molecular flexibility index (Phi) is 6.15. The summed E-state index contributed by atoms with van der Waals surface area (Å²) in [6.07, 6.45) is 2.18. The number of ether oxygens (including phenoxy) is 1. The zero-order valence-corrected chi connectivity index (χ0v) is 16.3. The minimum absolute atomic E-state index is 0.0437. The van der Waals surface area contributed by atoms with Gasteiger partial charge in [-0.2, -0.15) is 0 Å². The average molecular weight is 423 g/mol. The predicted octanol–water partition coefficient (Wildman–Crippen LogP) is 4.51. The van der Waals surface area contributed by atoms with Crippen LogP contribution in [0.3, 0.4) is 0 Å². The second-order valence-electron chi connectivity index (χ2n) is 6.48. The van der Waals surface area contributed by atoms with Crippen LogP contribution in [0.4, 0.5) is 0 Å². The van der Waals surface area contributed by atoms with Crippen LogP contribution in [0.1, 0.15) is 24.0 Å². The molecule has 0 atom stereocenters. The Morgan fingerprint density at radius 2 is 1.72 bits per heavy atom. The van der Waals surface area contributed by atoms with Gasteiger partial charge in [0, 0.05) is 34.7 Å². The fraction of sp³-hybridized carbons (Fsp3) is 0.350. The summed E-state index contributed by atoms with van der Waals surface area (Å²) >= 11 is 9.44. The molecule has 1 aliphatic heterocycles. The van der Waals surface area contributed by atoms with Gasteiger partial charge in [-0.05, 0) is 48.2 Å². The maximum atomic E-state index is 12.4. The van der Waals surface area contributed by atoms with Crippen molar-refractivity contribution in [1.29, 1.82) is 0 Å². The number of benzene rings is 2. The number of carbonyl (C=O) groups is 1. The van der Waals surface area contributed by atoms with Crippen molar-refractivity contribution in [3.8, 4) is 0 Å². The second-order valence-corrected chi connectivity index (χ2v) is 7.83. The van der Waals surface area contributed by atoms with Gasteiger partial charge in [-0.25, -0.2) is 0 Å². The monoisotopic (exact) mass is 421 g/mol. The summed E-state index contributed by atoms with van der Waals surface area (Å²) in [5, 5.41) is 3.86. The van der Waals surface area contributed by atoms with Crippen molar-refractivity contribution < 1.29 is 9.53 Å². The van der Waals surface area contributed by atoms with Crippen LogP contribution in [-0.2, 0) is 21.4 Å². The van der Waals surface area contributed by atoms with Crippen molar-refractivity contribution in [2.24, 2.45) is 0 Å². The van der Waals surface area contributed by atoms with Gasteiger partial charge in [0.05, 0.1) is 6.42 Å². The average Bonchev–Trinajstić information content (AvgIpc) is 2.63. The quantitative estimate of drug-likeness (QED) is 0.770. The van der Waals surface area contributed by atoms with Gasteiger partial charge < -0.3 is 10.1 Å². The fourth-order valence-corrected chi connectivity index (χ4v) is 3.64. The van der Waals surface area contributed by atoms with E-state index in [4.69, 9.17) is 16.3 Å². The summed E-state index contributed by atoms with van der Waals surface area (Å²) in [5.74, 6) is 0.0437. The first-order valence-corrected chi connectivity index (χ1v) is 9.59. The van der Waals surface area contributed by atoms with Gasteiger partial charge in [0.25, 0.3) is 0 Å². The second kappa shape index (κ2) is 8.35. The van der Waals surface area contributed by atoms with Gasteiger partial charge >= 0.3 is 0 Å².